The highest BCUT2D eigenvalue weighted by Gasteiger charge is 2.26. The van der Waals surface area contributed by atoms with Crippen LogP contribution in [0.2, 0.25) is 0 Å². The van der Waals surface area contributed by atoms with Crippen LogP contribution in [0.5, 0.6) is 0 Å². The van der Waals surface area contributed by atoms with Crippen molar-refractivity contribution >= 4 is 28.4 Å². The van der Waals surface area contributed by atoms with Crippen molar-refractivity contribution in [1.29, 1.82) is 0 Å². The normalized spacial score (nSPS) is 15.7. The molecule has 3 aromatic rings. The highest BCUT2D eigenvalue weighted by Crippen LogP contribution is 2.19. The maximum atomic E-state index is 13.3. The number of anilines is 1. The molecule has 0 aliphatic carbocycles. The topological polar surface area (TPSA) is 71.5 Å². The first-order valence-electron chi connectivity index (χ1n) is 10.6. The Morgan fingerprint density at radius 2 is 1.94 bits per heavy atom. The molecule has 1 aromatic heterocycles. The first-order chi connectivity index (χ1) is 15.0. The second-order valence-electron chi connectivity index (χ2n) is 8.01. The minimum atomic E-state index is -0.266. The highest BCUT2D eigenvalue weighted by atomic mass is 16.5. The molecule has 2 heterocycles. The zero-order chi connectivity index (χ0) is 21.8. The highest BCUT2D eigenvalue weighted by molar-refractivity contribution is 5.99. The third kappa shape index (κ3) is 4.91. The van der Waals surface area contributed by atoms with E-state index in [1.54, 1.807) is 11.0 Å². The number of hydrogen-bond acceptors (Lipinski definition) is 4. The number of fused-ring (bicyclic) bond motifs is 1. The molecule has 1 saturated heterocycles. The van der Waals surface area contributed by atoms with E-state index >= 15 is 0 Å². The van der Waals surface area contributed by atoms with Crippen molar-refractivity contribution in [3.05, 3.63) is 71.4 Å². The molecule has 160 valence electrons. The number of nitrogens with one attached hydrogen (secondary N) is 1. The summed E-state index contributed by atoms with van der Waals surface area (Å²) < 4.78 is 5.73. The van der Waals surface area contributed by atoms with Gasteiger partial charge in [-0.05, 0) is 56.0 Å². The molecule has 6 nitrogen and oxygen atoms in total. The van der Waals surface area contributed by atoms with E-state index in [0.29, 0.717) is 18.8 Å². The number of rotatable bonds is 6. The van der Waals surface area contributed by atoms with E-state index in [9.17, 15) is 9.59 Å². The predicted octanol–water partition coefficient (Wildman–Crippen LogP) is 4.11. The molecule has 1 aliphatic rings. The minimum Gasteiger partial charge on any atom is -0.376 e. The van der Waals surface area contributed by atoms with E-state index in [1.165, 1.54) is 0 Å². The molecule has 2 amide bonds. The Morgan fingerprint density at radius 1 is 1.10 bits per heavy atom. The molecular formula is C25H27N3O3. The van der Waals surface area contributed by atoms with Crippen molar-refractivity contribution in [2.24, 2.45) is 0 Å². The van der Waals surface area contributed by atoms with Crippen LogP contribution in [0, 0.1) is 13.8 Å². The van der Waals surface area contributed by atoms with E-state index in [0.717, 1.165) is 40.6 Å². The Hall–Kier alpha value is -3.25. The van der Waals surface area contributed by atoms with Gasteiger partial charge in [-0.3, -0.25) is 9.59 Å². The standard InChI is InChI=1S/C25H27N3O3/c1-17-7-5-11-21(18(17)2)27-24(29)16-28(15-20-9-6-14-31-20)25(30)23-13-12-19-8-3-4-10-22(19)26-23/h3-5,7-8,10-13,20H,6,9,14-16H2,1-2H3,(H,27,29)/t20-/m0/s1. The molecule has 0 spiro atoms. The van der Waals surface area contributed by atoms with Crippen LogP contribution >= 0.6 is 0 Å². The number of benzene rings is 2. The van der Waals surface area contributed by atoms with Crippen LogP contribution in [0.15, 0.2) is 54.6 Å². The number of ether oxygens (including phenoxy) is 1. The Bertz CT molecular complexity index is 1110. The first-order valence-corrected chi connectivity index (χ1v) is 10.6. The van der Waals surface area contributed by atoms with Gasteiger partial charge in [-0.25, -0.2) is 4.98 Å². The lowest BCUT2D eigenvalue weighted by Gasteiger charge is -2.25. The number of nitrogens with zero attached hydrogens (tertiary/aromatic N) is 2. The smallest absolute Gasteiger partial charge is 0.273 e. The van der Waals surface area contributed by atoms with Crippen LogP contribution in [0.1, 0.15) is 34.5 Å². The Morgan fingerprint density at radius 3 is 2.74 bits per heavy atom. The van der Waals surface area contributed by atoms with E-state index < -0.39 is 0 Å². The van der Waals surface area contributed by atoms with Gasteiger partial charge < -0.3 is 15.0 Å². The van der Waals surface area contributed by atoms with E-state index in [4.69, 9.17) is 4.74 Å². The van der Waals surface area contributed by atoms with Crippen LogP contribution in [-0.4, -0.2) is 47.5 Å². The molecule has 2 aromatic carbocycles. The SMILES string of the molecule is Cc1cccc(NC(=O)CN(C[C@@H]2CCCO2)C(=O)c2ccc3ccccc3n2)c1C. The van der Waals surface area contributed by atoms with E-state index in [2.05, 4.69) is 10.3 Å². The van der Waals surface area contributed by atoms with Gasteiger partial charge in [0.2, 0.25) is 5.91 Å². The van der Waals surface area contributed by atoms with Crippen LogP contribution in [0.25, 0.3) is 10.9 Å². The zero-order valence-corrected chi connectivity index (χ0v) is 17.9. The van der Waals surface area contributed by atoms with Crippen molar-refractivity contribution in [2.45, 2.75) is 32.8 Å². The third-order valence-electron chi connectivity index (χ3n) is 5.77. The molecule has 1 fully saturated rings. The summed E-state index contributed by atoms with van der Waals surface area (Å²) in [5, 5.41) is 3.92. The number of para-hydroxylation sites is 1. The fourth-order valence-corrected chi connectivity index (χ4v) is 3.85. The summed E-state index contributed by atoms with van der Waals surface area (Å²) in [6.07, 6.45) is 1.79. The van der Waals surface area contributed by atoms with Crippen molar-refractivity contribution in [3.63, 3.8) is 0 Å². The molecule has 0 saturated carbocycles. The first kappa shape index (κ1) is 21.0. The summed E-state index contributed by atoms with van der Waals surface area (Å²) in [5.74, 6) is -0.502. The molecule has 0 unspecified atom stereocenters. The van der Waals surface area contributed by atoms with Gasteiger partial charge in [0.05, 0.1) is 11.6 Å². The van der Waals surface area contributed by atoms with Crippen molar-refractivity contribution in [3.8, 4) is 0 Å². The minimum absolute atomic E-state index is 0.0550. The second-order valence-corrected chi connectivity index (χ2v) is 8.01. The number of hydrogen-bond donors (Lipinski definition) is 1. The molecule has 0 bridgehead atoms. The number of pyridine rings is 1. The fraction of sp³-hybridized carbons (Fsp3) is 0.320. The van der Waals surface area contributed by atoms with Gasteiger partial charge in [-0.1, -0.05) is 36.4 Å². The van der Waals surface area contributed by atoms with Crippen LogP contribution in [-0.2, 0) is 9.53 Å². The average Bonchev–Trinajstić information content (AvgIpc) is 3.29. The summed E-state index contributed by atoms with van der Waals surface area (Å²) >= 11 is 0. The summed E-state index contributed by atoms with van der Waals surface area (Å²) in [6, 6.07) is 17.1. The van der Waals surface area contributed by atoms with Gasteiger partial charge in [0, 0.05) is 24.2 Å². The van der Waals surface area contributed by atoms with Gasteiger partial charge in [-0.15, -0.1) is 0 Å². The zero-order valence-electron chi connectivity index (χ0n) is 17.9. The van der Waals surface area contributed by atoms with Gasteiger partial charge in [0.25, 0.3) is 5.91 Å². The molecule has 1 aliphatic heterocycles. The number of carbonyl (C=O) groups excluding carboxylic acids is 2. The third-order valence-corrected chi connectivity index (χ3v) is 5.77. The summed E-state index contributed by atoms with van der Waals surface area (Å²) in [7, 11) is 0. The molecule has 4 rings (SSSR count). The van der Waals surface area contributed by atoms with Crippen molar-refractivity contribution in [1.82, 2.24) is 9.88 Å². The fourth-order valence-electron chi connectivity index (χ4n) is 3.85. The Kier molecular flexibility index (Phi) is 6.28. The predicted molar refractivity (Wildman–Crippen MR) is 121 cm³/mol. The monoisotopic (exact) mass is 417 g/mol. The van der Waals surface area contributed by atoms with Gasteiger partial charge in [0.15, 0.2) is 0 Å². The molecule has 1 N–H and O–H groups in total. The average molecular weight is 418 g/mol. The quantitative estimate of drug-likeness (QED) is 0.655. The number of carbonyl (C=O) groups is 2. The Labute approximate surface area is 182 Å². The molecule has 1 atom stereocenters. The summed E-state index contributed by atoms with van der Waals surface area (Å²) in [4.78, 5) is 32.2. The number of amides is 2. The lowest BCUT2D eigenvalue weighted by Crippen LogP contribution is -2.42. The lowest BCUT2D eigenvalue weighted by atomic mass is 10.1. The van der Waals surface area contributed by atoms with Gasteiger partial charge >= 0.3 is 0 Å². The van der Waals surface area contributed by atoms with Gasteiger partial charge in [0.1, 0.15) is 12.2 Å². The van der Waals surface area contributed by atoms with Gasteiger partial charge in [-0.2, -0.15) is 0 Å². The molecule has 31 heavy (non-hydrogen) atoms. The molecule has 0 radical (unpaired) electrons. The number of aryl methyl sites for hydroxylation is 1. The molecule has 6 heteroatoms. The van der Waals surface area contributed by atoms with E-state index in [-0.39, 0.29) is 24.5 Å². The molecular weight excluding hydrogens is 390 g/mol. The lowest BCUT2D eigenvalue weighted by molar-refractivity contribution is -0.117. The maximum absolute atomic E-state index is 13.3. The van der Waals surface area contributed by atoms with Crippen molar-refractivity contribution < 1.29 is 14.3 Å². The number of aromatic nitrogens is 1. The second kappa shape index (κ2) is 9.27. The summed E-state index contributed by atoms with van der Waals surface area (Å²) in [5.41, 5.74) is 3.97. The van der Waals surface area contributed by atoms with Crippen LogP contribution in [0.4, 0.5) is 5.69 Å². The van der Waals surface area contributed by atoms with Crippen molar-refractivity contribution in [2.75, 3.05) is 25.0 Å². The largest absolute Gasteiger partial charge is 0.376 e. The van der Waals surface area contributed by atoms with E-state index in [1.807, 2.05) is 62.4 Å². The van der Waals surface area contributed by atoms with Crippen LogP contribution in [0.3, 0.4) is 0 Å². The Balaban J connectivity index is 1.54. The maximum Gasteiger partial charge on any atom is 0.273 e. The summed E-state index contributed by atoms with van der Waals surface area (Å²) in [6.45, 7) is 4.98. The van der Waals surface area contributed by atoms with Crippen LogP contribution < -0.4 is 5.32 Å².